The van der Waals surface area contributed by atoms with Gasteiger partial charge in [-0.1, -0.05) is 28.9 Å². The number of ether oxygens (including phenoxy) is 1. The van der Waals surface area contributed by atoms with Crippen LogP contribution in [0.15, 0.2) is 53.1 Å². The third kappa shape index (κ3) is 4.39. The molecule has 128 valence electrons. The van der Waals surface area contributed by atoms with Crippen LogP contribution in [-0.4, -0.2) is 16.8 Å². The Kier molecular flexibility index (Phi) is 5.04. The highest BCUT2D eigenvalue weighted by Crippen LogP contribution is 2.25. The number of nitrogens with zero attached hydrogens (tertiary/aromatic N) is 2. The van der Waals surface area contributed by atoms with Crippen LogP contribution in [0.3, 0.4) is 0 Å². The molecule has 0 saturated heterocycles. The Morgan fingerprint density at radius 2 is 1.76 bits per heavy atom. The Morgan fingerprint density at radius 1 is 1.08 bits per heavy atom. The Morgan fingerprint density at radius 3 is 2.40 bits per heavy atom. The first-order chi connectivity index (χ1) is 12.0. The quantitative estimate of drug-likeness (QED) is 0.621. The van der Waals surface area contributed by atoms with Crippen molar-refractivity contribution in [1.82, 2.24) is 10.1 Å². The lowest BCUT2D eigenvalue weighted by atomic mass is 10.2. The van der Waals surface area contributed by atoms with Crippen LogP contribution in [0.1, 0.15) is 11.5 Å². The van der Waals surface area contributed by atoms with E-state index in [0.29, 0.717) is 11.1 Å². The number of aromatic nitrogens is 2. The smallest absolute Gasteiger partial charge is 0.387 e. The maximum absolute atomic E-state index is 12.9. The van der Waals surface area contributed by atoms with Crippen LogP contribution in [-0.2, 0) is 0 Å². The van der Waals surface area contributed by atoms with Gasteiger partial charge in [-0.25, -0.2) is 4.39 Å². The average Bonchev–Trinajstić information content (AvgIpc) is 3.07. The number of alkyl halides is 2. The molecule has 0 amide bonds. The summed E-state index contributed by atoms with van der Waals surface area (Å²) in [5, 5.41) is 3.96. The summed E-state index contributed by atoms with van der Waals surface area (Å²) in [4.78, 5) is 4.14. The van der Waals surface area contributed by atoms with Crippen LogP contribution in [0.4, 0.5) is 13.2 Å². The van der Waals surface area contributed by atoms with Gasteiger partial charge in [0, 0.05) is 5.56 Å². The largest absolute Gasteiger partial charge is 0.435 e. The van der Waals surface area contributed by atoms with Gasteiger partial charge in [0.1, 0.15) is 16.6 Å². The van der Waals surface area contributed by atoms with Gasteiger partial charge in [0.2, 0.25) is 5.82 Å². The molecule has 0 aliphatic carbocycles. The van der Waals surface area contributed by atoms with E-state index in [1.165, 1.54) is 42.5 Å². The zero-order valence-electron chi connectivity index (χ0n) is 12.5. The second-order valence-corrected chi connectivity index (χ2v) is 5.28. The highest BCUT2D eigenvalue weighted by molar-refractivity contribution is 6.50. The summed E-state index contributed by atoms with van der Waals surface area (Å²) < 4.78 is 46.5. The predicted molar refractivity (Wildman–Crippen MR) is 86.5 cm³/mol. The van der Waals surface area contributed by atoms with Crippen molar-refractivity contribution in [2.45, 2.75) is 6.61 Å². The highest BCUT2D eigenvalue weighted by atomic mass is 35.5. The molecule has 2 aromatic carbocycles. The summed E-state index contributed by atoms with van der Waals surface area (Å²) in [7, 11) is 0. The van der Waals surface area contributed by atoms with Crippen molar-refractivity contribution in [1.29, 1.82) is 0 Å². The number of hydrogen-bond donors (Lipinski definition) is 0. The van der Waals surface area contributed by atoms with Crippen molar-refractivity contribution in [2.75, 3.05) is 0 Å². The fourth-order valence-corrected chi connectivity index (χ4v) is 2.19. The minimum Gasteiger partial charge on any atom is -0.435 e. The van der Waals surface area contributed by atoms with Gasteiger partial charge in [-0.05, 0) is 48.0 Å². The molecule has 0 fully saturated rings. The topological polar surface area (TPSA) is 48.2 Å². The molecule has 0 aliphatic rings. The minimum atomic E-state index is -2.88. The predicted octanol–water partition coefficient (Wildman–Crippen LogP) is 5.21. The second kappa shape index (κ2) is 7.40. The van der Waals surface area contributed by atoms with Gasteiger partial charge in [0.25, 0.3) is 5.89 Å². The van der Waals surface area contributed by atoms with Gasteiger partial charge >= 0.3 is 6.61 Å². The van der Waals surface area contributed by atoms with Gasteiger partial charge in [0.15, 0.2) is 0 Å². The molecule has 0 atom stereocenters. The van der Waals surface area contributed by atoms with Gasteiger partial charge in [-0.15, -0.1) is 0 Å². The lowest BCUT2D eigenvalue weighted by molar-refractivity contribution is -0.0498. The second-order valence-electron chi connectivity index (χ2n) is 4.87. The first-order valence-electron chi connectivity index (χ1n) is 7.03. The molecule has 0 aliphatic heterocycles. The molecule has 0 radical (unpaired) electrons. The van der Waals surface area contributed by atoms with Gasteiger partial charge < -0.3 is 9.26 Å². The minimum absolute atomic E-state index is 0.0414. The van der Waals surface area contributed by atoms with E-state index >= 15 is 0 Å². The fourth-order valence-electron chi connectivity index (χ4n) is 1.99. The van der Waals surface area contributed by atoms with Crippen LogP contribution >= 0.6 is 11.6 Å². The normalized spacial score (nSPS) is 11.8. The molecule has 1 aromatic heterocycles. The first-order valence-corrected chi connectivity index (χ1v) is 7.41. The summed E-state index contributed by atoms with van der Waals surface area (Å²) in [5.41, 5.74) is 1.21. The average molecular weight is 367 g/mol. The Labute approximate surface area is 145 Å². The van der Waals surface area contributed by atoms with Crippen molar-refractivity contribution < 1.29 is 22.4 Å². The summed E-state index contributed by atoms with van der Waals surface area (Å²) >= 11 is 6.14. The van der Waals surface area contributed by atoms with E-state index in [0.717, 1.165) is 0 Å². The maximum atomic E-state index is 12.9. The molecule has 1 heterocycles. The molecule has 0 N–H and O–H groups in total. The number of benzene rings is 2. The summed E-state index contributed by atoms with van der Waals surface area (Å²) in [5.74, 6) is 0.0143. The summed E-state index contributed by atoms with van der Waals surface area (Å²) in [6, 6.07) is 11.5. The van der Waals surface area contributed by atoms with E-state index in [2.05, 4.69) is 14.9 Å². The molecule has 0 bridgehead atoms. The third-order valence-corrected chi connectivity index (χ3v) is 3.40. The zero-order chi connectivity index (χ0) is 17.8. The van der Waals surface area contributed by atoms with Gasteiger partial charge in [-0.3, -0.25) is 0 Å². The van der Waals surface area contributed by atoms with E-state index in [4.69, 9.17) is 16.1 Å². The van der Waals surface area contributed by atoms with Crippen molar-refractivity contribution in [3.63, 3.8) is 0 Å². The number of rotatable bonds is 5. The lowest BCUT2D eigenvalue weighted by Crippen LogP contribution is -2.01. The monoisotopic (exact) mass is 366 g/mol. The number of hydrogen-bond acceptors (Lipinski definition) is 4. The molecule has 3 aromatic rings. The molecule has 0 unspecified atom stereocenters. The van der Waals surface area contributed by atoms with Crippen LogP contribution in [0.25, 0.3) is 22.5 Å². The van der Waals surface area contributed by atoms with Crippen molar-refractivity contribution in [2.24, 2.45) is 0 Å². The fraction of sp³-hybridized carbons (Fsp3) is 0.0588. The molecule has 0 saturated carbocycles. The molecule has 25 heavy (non-hydrogen) atoms. The maximum Gasteiger partial charge on any atom is 0.387 e. The number of halogens is 4. The van der Waals surface area contributed by atoms with Crippen molar-refractivity contribution in [3.05, 3.63) is 65.8 Å². The van der Waals surface area contributed by atoms with E-state index in [9.17, 15) is 13.2 Å². The van der Waals surface area contributed by atoms with E-state index in [-0.39, 0.29) is 28.3 Å². The van der Waals surface area contributed by atoms with Gasteiger partial charge in [0.05, 0.1) is 0 Å². The third-order valence-electron chi connectivity index (χ3n) is 3.13. The van der Waals surface area contributed by atoms with Gasteiger partial charge in [-0.2, -0.15) is 13.8 Å². The Hall–Kier alpha value is -2.80. The first kappa shape index (κ1) is 17.0. The SMILES string of the molecule is Fc1ccc(-c2noc(/C(Cl)=C/c3ccc(OC(F)F)cc3)n2)cc1. The van der Waals surface area contributed by atoms with E-state index < -0.39 is 6.61 Å². The van der Waals surface area contributed by atoms with E-state index in [1.807, 2.05) is 0 Å². The zero-order valence-corrected chi connectivity index (χ0v) is 13.3. The summed E-state index contributed by atoms with van der Waals surface area (Å²) in [6.07, 6.45) is 1.54. The van der Waals surface area contributed by atoms with Crippen LogP contribution in [0.2, 0.25) is 0 Å². The van der Waals surface area contributed by atoms with Crippen LogP contribution in [0.5, 0.6) is 5.75 Å². The molecule has 8 heteroatoms. The molecule has 4 nitrogen and oxygen atoms in total. The van der Waals surface area contributed by atoms with Crippen LogP contribution in [0, 0.1) is 5.82 Å². The van der Waals surface area contributed by atoms with Crippen molar-refractivity contribution >= 4 is 22.7 Å². The molecular weight excluding hydrogens is 357 g/mol. The Bertz CT molecular complexity index is 878. The van der Waals surface area contributed by atoms with Crippen molar-refractivity contribution in [3.8, 4) is 17.1 Å². The molecule has 3 rings (SSSR count). The molecular formula is C17H10ClF3N2O2. The Balaban J connectivity index is 1.77. The standard InChI is InChI=1S/C17H10ClF3N2O2/c18-14(9-10-1-7-13(8-2-10)24-17(20)21)16-22-15(23-25-16)11-3-5-12(19)6-4-11/h1-9,17H/b14-9-. The summed E-state index contributed by atoms with van der Waals surface area (Å²) in [6.45, 7) is -2.88. The lowest BCUT2D eigenvalue weighted by Gasteiger charge is -2.03. The highest BCUT2D eigenvalue weighted by Gasteiger charge is 2.12. The molecule has 0 spiro atoms. The van der Waals surface area contributed by atoms with Crippen LogP contribution < -0.4 is 4.74 Å². The van der Waals surface area contributed by atoms with E-state index in [1.54, 1.807) is 12.1 Å².